The van der Waals surface area contributed by atoms with Crippen molar-refractivity contribution in [1.82, 2.24) is 10.2 Å². The maximum atomic E-state index is 14.2. The van der Waals surface area contributed by atoms with Crippen LogP contribution in [0.15, 0.2) is 48.7 Å². The second-order valence-corrected chi connectivity index (χ2v) is 6.56. The van der Waals surface area contributed by atoms with Crippen molar-refractivity contribution >= 4 is 33.9 Å². The molecule has 2 N–H and O–H groups in total. The number of nitrogens with zero attached hydrogens (tertiary/aromatic N) is 2. The van der Waals surface area contributed by atoms with E-state index in [1.807, 2.05) is 13.8 Å². The van der Waals surface area contributed by atoms with Crippen LogP contribution in [0.3, 0.4) is 0 Å². The number of benzene rings is 2. The second-order valence-electron chi connectivity index (χ2n) is 6.56. The van der Waals surface area contributed by atoms with Crippen molar-refractivity contribution in [3.8, 4) is 11.5 Å². The normalized spacial score (nSPS) is 11.0. The lowest BCUT2D eigenvalue weighted by atomic mass is 10.1. The summed E-state index contributed by atoms with van der Waals surface area (Å²) < 4.78 is 25.2. The van der Waals surface area contributed by atoms with E-state index in [1.54, 1.807) is 43.5 Å². The van der Waals surface area contributed by atoms with Crippen molar-refractivity contribution in [1.29, 1.82) is 0 Å². The number of aromatic nitrogens is 2. The summed E-state index contributed by atoms with van der Waals surface area (Å²) in [6.45, 7) is 6.41. The molecule has 1 heterocycles. The smallest absolute Gasteiger partial charge is 0.248 e. The van der Waals surface area contributed by atoms with E-state index in [9.17, 15) is 9.18 Å². The summed E-state index contributed by atoms with van der Waals surface area (Å²) in [6, 6.07) is 8.11. The number of hydrogen-bond acceptors (Lipinski definition) is 6. The highest BCUT2D eigenvalue weighted by molar-refractivity contribution is 6.03. The maximum Gasteiger partial charge on any atom is 0.248 e. The van der Waals surface area contributed by atoms with Crippen molar-refractivity contribution in [3.05, 3.63) is 54.5 Å². The number of anilines is 3. The number of allylic oxidation sites excluding steroid dienone is 1. The van der Waals surface area contributed by atoms with Gasteiger partial charge in [-0.2, -0.15) is 10.2 Å². The first kappa shape index (κ1) is 22.0. The van der Waals surface area contributed by atoms with E-state index in [1.165, 1.54) is 12.1 Å². The topological polar surface area (TPSA) is 85.4 Å². The van der Waals surface area contributed by atoms with Gasteiger partial charge in [0.1, 0.15) is 5.75 Å². The number of halogens is 1. The van der Waals surface area contributed by atoms with Crippen LogP contribution < -0.4 is 20.1 Å². The lowest BCUT2D eigenvalue weighted by Crippen LogP contribution is -2.10. The molecule has 0 aliphatic rings. The highest BCUT2D eigenvalue weighted by atomic mass is 19.1. The Morgan fingerprint density at radius 3 is 2.55 bits per heavy atom. The molecule has 1 amide bonds. The summed E-state index contributed by atoms with van der Waals surface area (Å²) >= 11 is 0. The molecule has 8 heteroatoms. The lowest BCUT2D eigenvalue weighted by molar-refractivity contribution is -0.111. The molecular formula is C23H25FN4O3. The van der Waals surface area contributed by atoms with E-state index in [4.69, 9.17) is 9.47 Å². The molecule has 0 spiro atoms. The fraction of sp³-hybridized carbons (Fsp3) is 0.261. The number of fused-ring (bicyclic) bond motifs is 1. The van der Waals surface area contributed by atoms with Gasteiger partial charge in [-0.15, -0.1) is 0 Å². The summed E-state index contributed by atoms with van der Waals surface area (Å²) in [5.74, 6) is -0.0382. The first-order chi connectivity index (χ1) is 15.0. The third kappa shape index (κ3) is 5.48. The van der Waals surface area contributed by atoms with Gasteiger partial charge >= 0.3 is 0 Å². The van der Waals surface area contributed by atoms with Crippen LogP contribution in [0.4, 0.5) is 21.5 Å². The molecule has 0 saturated heterocycles. The van der Waals surface area contributed by atoms with Crippen molar-refractivity contribution in [2.75, 3.05) is 23.8 Å². The Hall–Kier alpha value is -3.68. The zero-order chi connectivity index (χ0) is 22.2. The Morgan fingerprint density at radius 1 is 1.06 bits per heavy atom. The largest absolute Gasteiger partial charge is 0.492 e. The van der Waals surface area contributed by atoms with Crippen LogP contribution >= 0.6 is 0 Å². The summed E-state index contributed by atoms with van der Waals surface area (Å²) in [4.78, 5) is 12.2. The number of ether oxygens (including phenoxy) is 2. The SMILES string of the molecule is CC/C=C/C(=O)Nc1cc2c(Nc3ccc(OCC)c(F)c3)cnnc2cc1OCC. The van der Waals surface area contributed by atoms with Gasteiger partial charge in [0.05, 0.1) is 36.3 Å². The molecule has 0 atom stereocenters. The molecule has 0 aliphatic carbocycles. The third-order valence-corrected chi connectivity index (χ3v) is 4.31. The predicted molar refractivity (Wildman–Crippen MR) is 120 cm³/mol. The van der Waals surface area contributed by atoms with Crippen molar-refractivity contribution in [2.24, 2.45) is 0 Å². The first-order valence-corrected chi connectivity index (χ1v) is 10.1. The number of amides is 1. The Balaban J connectivity index is 1.98. The molecule has 3 aromatic rings. The number of rotatable bonds is 9. The standard InChI is InChI=1S/C23H25FN4O3/c1-4-7-8-23(29)27-19-12-16-18(13-22(19)31-6-3)28-25-14-20(16)26-15-9-10-21(30-5-2)17(24)11-15/h7-14H,4-6H2,1-3H3,(H,26,28)(H,27,29)/b8-7+. The van der Waals surface area contributed by atoms with Crippen molar-refractivity contribution < 1.29 is 18.7 Å². The van der Waals surface area contributed by atoms with Crippen LogP contribution in [0.5, 0.6) is 11.5 Å². The van der Waals surface area contributed by atoms with E-state index in [0.717, 1.165) is 6.42 Å². The molecule has 7 nitrogen and oxygen atoms in total. The van der Waals surface area contributed by atoms with Gasteiger partial charge in [0.25, 0.3) is 0 Å². The molecule has 3 rings (SSSR count). The highest BCUT2D eigenvalue weighted by Crippen LogP contribution is 2.34. The molecule has 162 valence electrons. The molecule has 0 radical (unpaired) electrons. The van der Waals surface area contributed by atoms with Gasteiger partial charge in [0.2, 0.25) is 5.91 Å². The van der Waals surface area contributed by atoms with Crippen LogP contribution in [0.25, 0.3) is 10.9 Å². The van der Waals surface area contributed by atoms with Crippen molar-refractivity contribution in [3.63, 3.8) is 0 Å². The monoisotopic (exact) mass is 424 g/mol. The molecule has 1 aromatic heterocycles. The Labute approximate surface area is 180 Å². The molecule has 0 fully saturated rings. The van der Waals surface area contributed by atoms with Crippen molar-refractivity contribution in [2.45, 2.75) is 27.2 Å². The summed E-state index contributed by atoms with van der Waals surface area (Å²) in [5, 5.41) is 14.9. The van der Waals surface area contributed by atoms with E-state index >= 15 is 0 Å². The van der Waals surface area contributed by atoms with E-state index in [2.05, 4.69) is 20.8 Å². The lowest BCUT2D eigenvalue weighted by Gasteiger charge is -2.14. The minimum absolute atomic E-state index is 0.192. The Kier molecular flexibility index (Phi) is 7.37. The van der Waals surface area contributed by atoms with E-state index in [0.29, 0.717) is 46.9 Å². The van der Waals surface area contributed by atoms with Gasteiger partial charge in [-0.05, 0) is 44.5 Å². The van der Waals surface area contributed by atoms with Gasteiger partial charge in [-0.1, -0.05) is 13.0 Å². The number of carbonyl (C=O) groups excluding carboxylic acids is 1. The summed E-state index contributed by atoms with van der Waals surface area (Å²) in [6.07, 6.45) is 5.55. The number of carbonyl (C=O) groups is 1. The van der Waals surface area contributed by atoms with Crippen LogP contribution in [0, 0.1) is 5.82 Å². The van der Waals surface area contributed by atoms with Gasteiger partial charge in [-0.25, -0.2) is 4.39 Å². The predicted octanol–water partition coefficient (Wildman–Crippen LogP) is 5.21. The molecular weight excluding hydrogens is 399 g/mol. The average Bonchev–Trinajstić information content (AvgIpc) is 2.75. The molecule has 2 aromatic carbocycles. The van der Waals surface area contributed by atoms with Gasteiger partial charge in [-0.3, -0.25) is 4.79 Å². The molecule has 31 heavy (non-hydrogen) atoms. The van der Waals surface area contributed by atoms with E-state index < -0.39 is 5.82 Å². The van der Waals surface area contributed by atoms with Gasteiger partial charge in [0, 0.05) is 23.2 Å². The second kappa shape index (κ2) is 10.4. The fourth-order valence-corrected chi connectivity index (χ4v) is 2.96. The van der Waals surface area contributed by atoms with Crippen LogP contribution in [0.1, 0.15) is 27.2 Å². The fourth-order valence-electron chi connectivity index (χ4n) is 2.96. The summed E-state index contributed by atoms with van der Waals surface area (Å²) in [5.41, 5.74) is 2.22. The zero-order valence-corrected chi connectivity index (χ0v) is 17.7. The Bertz CT molecular complexity index is 1100. The molecule has 0 saturated carbocycles. The molecule has 0 unspecified atom stereocenters. The third-order valence-electron chi connectivity index (χ3n) is 4.31. The zero-order valence-electron chi connectivity index (χ0n) is 17.7. The summed E-state index contributed by atoms with van der Waals surface area (Å²) in [7, 11) is 0. The van der Waals surface area contributed by atoms with Crippen LogP contribution in [-0.4, -0.2) is 29.3 Å². The molecule has 0 bridgehead atoms. The maximum absolute atomic E-state index is 14.2. The average molecular weight is 424 g/mol. The quantitative estimate of drug-likeness (QED) is 0.459. The molecule has 0 aliphatic heterocycles. The van der Waals surface area contributed by atoms with Crippen LogP contribution in [-0.2, 0) is 4.79 Å². The van der Waals surface area contributed by atoms with Gasteiger partial charge in [0.15, 0.2) is 11.6 Å². The Morgan fingerprint density at radius 2 is 1.84 bits per heavy atom. The van der Waals surface area contributed by atoms with Gasteiger partial charge < -0.3 is 20.1 Å². The number of hydrogen-bond donors (Lipinski definition) is 2. The first-order valence-electron chi connectivity index (χ1n) is 10.1. The minimum Gasteiger partial charge on any atom is -0.492 e. The van der Waals surface area contributed by atoms with Crippen LogP contribution in [0.2, 0.25) is 0 Å². The highest BCUT2D eigenvalue weighted by Gasteiger charge is 2.13. The minimum atomic E-state index is -0.465. The van der Waals surface area contributed by atoms with E-state index in [-0.39, 0.29) is 11.7 Å². The number of nitrogens with one attached hydrogen (secondary N) is 2.